The standard InChI is InChI=1S/C22H21F2N3.C7H10S/c1-14(26-13-16-9-18(23)12-19(24)10-16)21-6-8-27(15(21)2)20-3-4-22-17(11-20)5-7-25-22;1-3-5-6-7(8)4-2/h3-5,7,9-12,21,25-26H,1-2,6,8,13H2;3-6,8H,2H2,1H3/b;5-3-,7-6+. The third kappa shape index (κ3) is 6.99. The average Bonchev–Trinajstić information content (AvgIpc) is 3.46. The molecule has 0 aliphatic carbocycles. The van der Waals surface area contributed by atoms with Gasteiger partial charge in [0.1, 0.15) is 11.6 Å². The highest BCUT2D eigenvalue weighted by atomic mass is 32.1. The monoisotopic (exact) mass is 491 g/mol. The van der Waals surface area contributed by atoms with Crippen molar-refractivity contribution in [1.29, 1.82) is 0 Å². The molecule has 35 heavy (non-hydrogen) atoms. The number of hydrogen-bond donors (Lipinski definition) is 3. The minimum Gasteiger partial charge on any atom is -0.384 e. The number of allylic oxidation sites excluding steroid dienone is 4. The molecule has 2 N–H and O–H groups in total. The van der Waals surface area contributed by atoms with E-state index in [0.29, 0.717) is 12.1 Å². The Labute approximate surface area is 211 Å². The number of nitrogens with one attached hydrogen (secondary N) is 2. The van der Waals surface area contributed by atoms with Crippen LogP contribution in [-0.2, 0) is 6.54 Å². The van der Waals surface area contributed by atoms with Gasteiger partial charge in [-0.3, -0.25) is 0 Å². The van der Waals surface area contributed by atoms with E-state index in [1.165, 1.54) is 12.1 Å². The second kappa shape index (κ2) is 12.3. The van der Waals surface area contributed by atoms with Gasteiger partial charge in [0.2, 0.25) is 0 Å². The Bertz CT molecular complexity index is 1250. The van der Waals surface area contributed by atoms with E-state index in [9.17, 15) is 8.78 Å². The van der Waals surface area contributed by atoms with Gasteiger partial charge in [-0.2, -0.15) is 0 Å². The first-order valence-electron chi connectivity index (χ1n) is 11.4. The Hall–Kier alpha value is -3.51. The Morgan fingerprint density at radius 3 is 2.63 bits per heavy atom. The van der Waals surface area contributed by atoms with Crippen LogP contribution >= 0.6 is 12.6 Å². The van der Waals surface area contributed by atoms with Crippen LogP contribution in [-0.4, -0.2) is 11.5 Å². The van der Waals surface area contributed by atoms with Crippen LogP contribution < -0.4 is 10.2 Å². The highest BCUT2D eigenvalue weighted by Crippen LogP contribution is 2.36. The van der Waals surface area contributed by atoms with Crippen LogP contribution in [0.25, 0.3) is 10.9 Å². The second-order valence-electron chi connectivity index (χ2n) is 8.21. The smallest absolute Gasteiger partial charge is 0.126 e. The molecular weight excluding hydrogens is 460 g/mol. The van der Waals surface area contributed by atoms with Crippen LogP contribution in [0.15, 0.2) is 109 Å². The number of fused-ring (bicyclic) bond motifs is 1. The van der Waals surface area contributed by atoms with Crippen LogP contribution in [0, 0.1) is 17.6 Å². The lowest BCUT2D eigenvalue weighted by atomic mass is 10.0. The first-order valence-corrected chi connectivity index (χ1v) is 11.8. The molecule has 6 heteroatoms. The number of anilines is 1. The van der Waals surface area contributed by atoms with Gasteiger partial charge in [-0.05, 0) is 61.4 Å². The Kier molecular flexibility index (Phi) is 9.15. The van der Waals surface area contributed by atoms with E-state index in [1.54, 1.807) is 6.08 Å². The molecule has 1 aromatic heterocycles. The van der Waals surface area contributed by atoms with Crippen LogP contribution in [0.2, 0.25) is 0 Å². The molecule has 4 rings (SSSR count). The molecule has 0 saturated carbocycles. The molecule has 0 bridgehead atoms. The molecule has 0 radical (unpaired) electrons. The summed E-state index contributed by atoms with van der Waals surface area (Å²) in [5, 5.41) is 4.36. The number of halogens is 2. The van der Waals surface area contributed by atoms with Gasteiger partial charge in [0.05, 0.1) is 0 Å². The van der Waals surface area contributed by atoms with Crippen molar-refractivity contribution in [3.8, 4) is 0 Å². The summed E-state index contributed by atoms with van der Waals surface area (Å²) in [6, 6.07) is 11.9. The van der Waals surface area contributed by atoms with Crippen molar-refractivity contribution in [3.05, 3.63) is 126 Å². The van der Waals surface area contributed by atoms with Gasteiger partial charge in [-0.25, -0.2) is 8.78 Å². The number of aromatic nitrogens is 1. The van der Waals surface area contributed by atoms with Crippen LogP contribution in [0.3, 0.4) is 0 Å². The van der Waals surface area contributed by atoms with E-state index in [1.807, 2.05) is 37.4 Å². The largest absolute Gasteiger partial charge is 0.384 e. The van der Waals surface area contributed by atoms with Crippen molar-refractivity contribution in [3.63, 3.8) is 0 Å². The molecule has 2 heterocycles. The summed E-state index contributed by atoms with van der Waals surface area (Å²) in [7, 11) is 0. The fourth-order valence-electron chi connectivity index (χ4n) is 3.95. The predicted octanol–water partition coefficient (Wildman–Crippen LogP) is 7.65. The molecule has 0 amide bonds. The average molecular weight is 492 g/mol. The first kappa shape index (κ1) is 26.1. The van der Waals surface area contributed by atoms with E-state index < -0.39 is 11.6 Å². The van der Waals surface area contributed by atoms with Gasteiger partial charge in [0, 0.05) is 64.2 Å². The van der Waals surface area contributed by atoms with Gasteiger partial charge in [0.15, 0.2) is 0 Å². The maximum absolute atomic E-state index is 13.3. The van der Waals surface area contributed by atoms with Crippen molar-refractivity contribution >= 4 is 29.2 Å². The van der Waals surface area contributed by atoms with Gasteiger partial charge in [-0.1, -0.05) is 38.0 Å². The number of hydrogen-bond acceptors (Lipinski definition) is 3. The molecule has 1 aliphatic rings. The summed E-state index contributed by atoms with van der Waals surface area (Å²) in [5.74, 6) is -1.06. The summed E-state index contributed by atoms with van der Waals surface area (Å²) in [6.07, 6.45) is 10.3. The Morgan fingerprint density at radius 1 is 1.20 bits per heavy atom. The van der Waals surface area contributed by atoms with Crippen molar-refractivity contribution in [1.82, 2.24) is 10.3 Å². The van der Waals surface area contributed by atoms with E-state index in [0.717, 1.165) is 51.9 Å². The zero-order valence-corrected chi connectivity index (χ0v) is 20.8. The van der Waals surface area contributed by atoms with E-state index in [2.05, 4.69) is 65.8 Å². The molecule has 1 saturated heterocycles. The third-order valence-corrected chi connectivity index (χ3v) is 6.10. The molecule has 182 valence electrons. The molecule has 2 aromatic carbocycles. The zero-order chi connectivity index (χ0) is 25.4. The zero-order valence-electron chi connectivity index (χ0n) is 19.9. The fourth-order valence-corrected chi connectivity index (χ4v) is 4.04. The van der Waals surface area contributed by atoms with Crippen molar-refractivity contribution in [2.24, 2.45) is 5.92 Å². The van der Waals surface area contributed by atoms with Crippen LogP contribution in [0.1, 0.15) is 18.9 Å². The van der Waals surface area contributed by atoms with Crippen molar-refractivity contribution < 1.29 is 8.78 Å². The fraction of sp³-hybridized carbons (Fsp3) is 0.172. The summed E-state index contributed by atoms with van der Waals surface area (Å²) < 4.78 is 26.7. The first-order chi connectivity index (χ1) is 16.8. The number of benzene rings is 2. The third-order valence-electron chi connectivity index (χ3n) is 5.77. The second-order valence-corrected chi connectivity index (χ2v) is 8.73. The lowest BCUT2D eigenvalue weighted by molar-refractivity contribution is 0.575. The molecule has 1 atom stereocenters. The number of rotatable bonds is 7. The molecule has 3 aromatic rings. The van der Waals surface area contributed by atoms with Crippen molar-refractivity contribution in [2.75, 3.05) is 11.4 Å². The summed E-state index contributed by atoms with van der Waals surface area (Å²) in [6.45, 7) is 15.1. The summed E-state index contributed by atoms with van der Waals surface area (Å²) in [4.78, 5) is 6.29. The maximum Gasteiger partial charge on any atom is 0.126 e. The molecule has 1 unspecified atom stereocenters. The number of thiol groups is 1. The molecule has 3 nitrogen and oxygen atoms in total. The molecule has 0 spiro atoms. The summed E-state index contributed by atoms with van der Waals surface area (Å²) in [5.41, 5.74) is 4.55. The highest BCUT2D eigenvalue weighted by Gasteiger charge is 2.29. The van der Waals surface area contributed by atoms with Gasteiger partial charge in [0.25, 0.3) is 0 Å². The van der Waals surface area contributed by atoms with E-state index in [-0.39, 0.29) is 5.92 Å². The molecule has 1 fully saturated rings. The number of H-pyrrole nitrogens is 1. The van der Waals surface area contributed by atoms with Crippen LogP contribution in [0.5, 0.6) is 0 Å². The number of aromatic amines is 1. The van der Waals surface area contributed by atoms with E-state index >= 15 is 0 Å². The van der Waals surface area contributed by atoms with Crippen molar-refractivity contribution in [2.45, 2.75) is 19.9 Å². The molecular formula is C29H31F2N3S. The Balaban J connectivity index is 0.000000371. The lowest BCUT2D eigenvalue weighted by Crippen LogP contribution is -2.21. The highest BCUT2D eigenvalue weighted by molar-refractivity contribution is 7.84. The minimum absolute atomic E-state index is 0.0883. The topological polar surface area (TPSA) is 31.1 Å². The molecule has 1 aliphatic heterocycles. The predicted molar refractivity (Wildman–Crippen MR) is 147 cm³/mol. The SMILES string of the molecule is C=C(NCc1cc(F)cc(F)c1)C1CCN(c2ccc3[nH]ccc3c2)C1=C.C=C/C(S)=C\C=C/C. The lowest BCUT2D eigenvalue weighted by Gasteiger charge is -2.23. The number of nitrogens with zero attached hydrogens (tertiary/aromatic N) is 1. The summed E-state index contributed by atoms with van der Waals surface area (Å²) >= 11 is 4.06. The van der Waals surface area contributed by atoms with Gasteiger partial charge >= 0.3 is 0 Å². The van der Waals surface area contributed by atoms with Gasteiger partial charge in [-0.15, -0.1) is 12.6 Å². The quantitative estimate of drug-likeness (QED) is 0.234. The maximum atomic E-state index is 13.3. The van der Waals surface area contributed by atoms with Crippen LogP contribution in [0.4, 0.5) is 14.5 Å². The van der Waals surface area contributed by atoms with Gasteiger partial charge < -0.3 is 15.2 Å². The minimum atomic E-state index is -0.575. The van der Waals surface area contributed by atoms with E-state index in [4.69, 9.17) is 0 Å². The normalized spacial score (nSPS) is 15.9. The Morgan fingerprint density at radius 2 is 1.94 bits per heavy atom.